The fourth-order valence-electron chi connectivity index (χ4n) is 1.54. The molecule has 0 saturated carbocycles. The minimum absolute atomic E-state index is 0.410. The van der Waals surface area contributed by atoms with Gasteiger partial charge in [-0.3, -0.25) is 0 Å². The second-order valence-corrected chi connectivity index (χ2v) is 3.86. The Hall–Kier alpha value is -3.00. The Bertz CT molecular complexity index is 629. The SMILES string of the molecule is N#Cc1ccccc1NC(=O)Nc1ccc(N)cc1. The van der Waals surface area contributed by atoms with Crippen LogP contribution < -0.4 is 16.4 Å². The van der Waals surface area contributed by atoms with Gasteiger partial charge in [0.2, 0.25) is 0 Å². The monoisotopic (exact) mass is 252 g/mol. The molecular weight excluding hydrogens is 240 g/mol. The van der Waals surface area contributed by atoms with Crippen molar-refractivity contribution in [1.82, 2.24) is 0 Å². The summed E-state index contributed by atoms with van der Waals surface area (Å²) < 4.78 is 0. The first-order chi connectivity index (χ1) is 9.19. The number of para-hydroxylation sites is 1. The topological polar surface area (TPSA) is 90.9 Å². The number of nitriles is 1. The zero-order valence-corrected chi connectivity index (χ0v) is 10.1. The zero-order valence-electron chi connectivity index (χ0n) is 10.1. The number of amides is 2. The summed E-state index contributed by atoms with van der Waals surface area (Å²) in [5.41, 5.74) is 7.69. The molecule has 2 rings (SSSR count). The number of carbonyl (C=O) groups excluding carboxylic acids is 1. The van der Waals surface area contributed by atoms with Crippen molar-refractivity contribution in [1.29, 1.82) is 5.26 Å². The maximum absolute atomic E-state index is 11.8. The minimum atomic E-state index is -0.410. The first kappa shape index (κ1) is 12.5. The van der Waals surface area contributed by atoms with Crippen molar-refractivity contribution in [3.05, 3.63) is 54.1 Å². The van der Waals surface area contributed by atoms with Gasteiger partial charge in [0.05, 0.1) is 11.3 Å². The molecule has 0 fully saturated rings. The van der Waals surface area contributed by atoms with Crippen LogP contribution in [-0.4, -0.2) is 6.03 Å². The van der Waals surface area contributed by atoms with Gasteiger partial charge in [-0.05, 0) is 36.4 Å². The van der Waals surface area contributed by atoms with E-state index in [-0.39, 0.29) is 0 Å². The average molecular weight is 252 g/mol. The third kappa shape index (κ3) is 3.23. The first-order valence-corrected chi connectivity index (χ1v) is 5.62. The van der Waals surface area contributed by atoms with E-state index in [2.05, 4.69) is 10.6 Å². The van der Waals surface area contributed by atoms with Crippen molar-refractivity contribution < 1.29 is 4.79 Å². The molecule has 0 spiro atoms. The van der Waals surface area contributed by atoms with Gasteiger partial charge in [0.25, 0.3) is 0 Å². The van der Waals surface area contributed by atoms with Crippen LogP contribution in [0.15, 0.2) is 48.5 Å². The smallest absolute Gasteiger partial charge is 0.323 e. The second-order valence-electron chi connectivity index (χ2n) is 3.86. The van der Waals surface area contributed by atoms with E-state index >= 15 is 0 Å². The molecule has 2 amide bonds. The molecule has 0 heterocycles. The lowest BCUT2D eigenvalue weighted by atomic mass is 10.2. The number of hydrogen-bond acceptors (Lipinski definition) is 3. The molecule has 2 aromatic rings. The van der Waals surface area contributed by atoms with E-state index in [4.69, 9.17) is 11.0 Å². The fourth-order valence-corrected chi connectivity index (χ4v) is 1.54. The quantitative estimate of drug-likeness (QED) is 0.718. The lowest BCUT2D eigenvalue weighted by Crippen LogP contribution is -2.19. The van der Waals surface area contributed by atoms with E-state index in [9.17, 15) is 4.79 Å². The van der Waals surface area contributed by atoms with Gasteiger partial charge in [-0.2, -0.15) is 5.26 Å². The molecule has 5 heteroatoms. The van der Waals surface area contributed by atoms with Crippen molar-refractivity contribution in [2.75, 3.05) is 16.4 Å². The van der Waals surface area contributed by atoms with E-state index in [0.29, 0.717) is 22.6 Å². The third-order valence-corrected chi connectivity index (χ3v) is 2.46. The Balaban J connectivity index is 2.06. The molecule has 0 aromatic heterocycles. The highest BCUT2D eigenvalue weighted by Crippen LogP contribution is 2.15. The predicted octanol–water partition coefficient (Wildman–Crippen LogP) is 2.78. The number of carbonyl (C=O) groups is 1. The van der Waals surface area contributed by atoms with E-state index in [1.807, 2.05) is 6.07 Å². The molecule has 0 radical (unpaired) electrons. The molecule has 19 heavy (non-hydrogen) atoms. The minimum Gasteiger partial charge on any atom is -0.399 e. The number of rotatable bonds is 2. The van der Waals surface area contributed by atoms with Crippen molar-refractivity contribution in [2.24, 2.45) is 0 Å². The van der Waals surface area contributed by atoms with Gasteiger partial charge in [0, 0.05) is 11.4 Å². The Morgan fingerprint density at radius 1 is 1.05 bits per heavy atom. The summed E-state index contributed by atoms with van der Waals surface area (Å²) in [6.07, 6.45) is 0. The molecule has 2 aromatic carbocycles. The van der Waals surface area contributed by atoms with Crippen LogP contribution in [-0.2, 0) is 0 Å². The van der Waals surface area contributed by atoms with Crippen molar-refractivity contribution in [3.63, 3.8) is 0 Å². The van der Waals surface area contributed by atoms with Gasteiger partial charge >= 0.3 is 6.03 Å². The second kappa shape index (κ2) is 5.56. The standard InChI is InChI=1S/C14H12N4O/c15-9-10-3-1-2-4-13(10)18-14(19)17-12-7-5-11(16)6-8-12/h1-8H,16H2,(H2,17,18,19). The van der Waals surface area contributed by atoms with Crippen LogP contribution in [0.4, 0.5) is 21.9 Å². The Morgan fingerprint density at radius 3 is 2.42 bits per heavy atom. The van der Waals surface area contributed by atoms with E-state index in [1.165, 1.54) is 0 Å². The van der Waals surface area contributed by atoms with Gasteiger partial charge in [0.15, 0.2) is 0 Å². The molecular formula is C14H12N4O. The molecule has 0 bridgehead atoms. The van der Waals surface area contributed by atoms with Crippen LogP contribution in [0, 0.1) is 11.3 Å². The lowest BCUT2D eigenvalue weighted by Gasteiger charge is -2.08. The van der Waals surface area contributed by atoms with Crippen LogP contribution in [0.3, 0.4) is 0 Å². The summed E-state index contributed by atoms with van der Waals surface area (Å²) in [6, 6.07) is 15.2. The average Bonchev–Trinajstić information content (AvgIpc) is 2.42. The van der Waals surface area contributed by atoms with Crippen LogP contribution in [0.5, 0.6) is 0 Å². The van der Waals surface area contributed by atoms with Crippen molar-refractivity contribution in [3.8, 4) is 6.07 Å². The summed E-state index contributed by atoms with van der Waals surface area (Å²) in [5.74, 6) is 0. The fraction of sp³-hybridized carbons (Fsp3) is 0. The Morgan fingerprint density at radius 2 is 1.74 bits per heavy atom. The van der Waals surface area contributed by atoms with Crippen LogP contribution in [0.2, 0.25) is 0 Å². The van der Waals surface area contributed by atoms with E-state index in [1.54, 1.807) is 48.5 Å². The lowest BCUT2D eigenvalue weighted by molar-refractivity contribution is 0.262. The number of urea groups is 1. The Labute approximate surface area is 110 Å². The predicted molar refractivity (Wildman–Crippen MR) is 74.7 cm³/mol. The number of anilines is 3. The van der Waals surface area contributed by atoms with Crippen molar-refractivity contribution >= 4 is 23.1 Å². The number of hydrogen-bond donors (Lipinski definition) is 3. The van der Waals surface area contributed by atoms with Gasteiger partial charge in [-0.1, -0.05) is 12.1 Å². The first-order valence-electron chi connectivity index (χ1n) is 5.62. The molecule has 0 aliphatic heterocycles. The number of nitrogens with one attached hydrogen (secondary N) is 2. The largest absolute Gasteiger partial charge is 0.399 e. The van der Waals surface area contributed by atoms with Gasteiger partial charge in [-0.25, -0.2) is 4.79 Å². The van der Waals surface area contributed by atoms with Crippen molar-refractivity contribution in [2.45, 2.75) is 0 Å². The number of nitrogens with zero attached hydrogens (tertiary/aromatic N) is 1. The summed E-state index contributed by atoms with van der Waals surface area (Å²) in [4.78, 5) is 11.8. The van der Waals surface area contributed by atoms with Gasteiger partial charge in [0.1, 0.15) is 6.07 Å². The maximum Gasteiger partial charge on any atom is 0.323 e. The third-order valence-electron chi connectivity index (χ3n) is 2.46. The molecule has 0 aliphatic rings. The van der Waals surface area contributed by atoms with E-state index in [0.717, 1.165) is 0 Å². The zero-order chi connectivity index (χ0) is 13.7. The molecule has 0 atom stereocenters. The number of nitrogen functional groups attached to an aromatic ring is 1. The summed E-state index contributed by atoms with van der Waals surface area (Å²) in [5, 5.41) is 14.2. The highest BCUT2D eigenvalue weighted by Gasteiger charge is 2.05. The summed E-state index contributed by atoms with van der Waals surface area (Å²) in [6.45, 7) is 0. The van der Waals surface area contributed by atoms with Crippen LogP contribution in [0.1, 0.15) is 5.56 Å². The molecule has 0 saturated heterocycles. The molecule has 5 nitrogen and oxygen atoms in total. The van der Waals surface area contributed by atoms with Crippen LogP contribution >= 0.6 is 0 Å². The molecule has 0 aliphatic carbocycles. The summed E-state index contributed by atoms with van der Waals surface area (Å²) in [7, 11) is 0. The van der Waals surface area contributed by atoms with Gasteiger partial charge in [-0.15, -0.1) is 0 Å². The maximum atomic E-state index is 11.8. The summed E-state index contributed by atoms with van der Waals surface area (Å²) >= 11 is 0. The molecule has 94 valence electrons. The van der Waals surface area contributed by atoms with Gasteiger partial charge < -0.3 is 16.4 Å². The molecule has 0 unspecified atom stereocenters. The molecule has 4 N–H and O–H groups in total. The van der Waals surface area contributed by atoms with E-state index < -0.39 is 6.03 Å². The van der Waals surface area contributed by atoms with Crippen LogP contribution in [0.25, 0.3) is 0 Å². The Kier molecular flexibility index (Phi) is 3.64. The highest BCUT2D eigenvalue weighted by atomic mass is 16.2. The highest BCUT2D eigenvalue weighted by molar-refractivity contribution is 6.00. The number of nitrogens with two attached hydrogens (primary N) is 1. The normalized spacial score (nSPS) is 9.42. The number of benzene rings is 2.